The van der Waals surface area contributed by atoms with Crippen molar-refractivity contribution >= 4 is 12.3 Å². The van der Waals surface area contributed by atoms with Crippen molar-refractivity contribution < 1.29 is 0 Å². The van der Waals surface area contributed by atoms with Crippen molar-refractivity contribution in [3.8, 4) is 0 Å². The third-order valence-corrected chi connectivity index (χ3v) is 2.45. The molecule has 1 N–H and O–H groups in total. The van der Waals surface area contributed by atoms with Crippen LogP contribution in [0.5, 0.6) is 0 Å². The molecule has 2 heteroatoms. The van der Waals surface area contributed by atoms with Crippen LogP contribution in [0.15, 0.2) is 25.4 Å². The summed E-state index contributed by atoms with van der Waals surface area (Å²) in [5.41, 5.74) is 2.45. The Morgan fingerprint density at radius 1 is 1.57 bits per heavy atom. The van der Waals surface area contributed by atoms with Crippen LogP contribution in [0.25, 0.3) is 12.3 Å². The maximum atomic E-state index is 3.82. The number of rotatable bonds is 5. The Bertz CT molecular complexity index is 323. The lowest BCUT2D eigenvalue weighted by Gasteiger charge is -2.10. The lowest BCUT2D eigenvalue weighted by molar-refractivity contribution is 0.608. The Labute approximate surface area is 85.9 Å². The van der Waals surface area contributed by atoms with E-state index in [4.69, 9.17) is 0 Å². The van der Waals surface area contributed by atoms with Gasteiger partial charge in [0, 0.05) is 24.1 Å². The molecule has 0 aromatic carbocycles. The molecule has 0 spiro atoms. The van der Waals surface area contributed by atoms with Crippen LogP contribution in [0, 0.1) is 0 Å². The van der Waals surface area contributed by atoms with E-state index in [0.29, 0.717) is 6.04 Å². The summed E-state index contributed by atoms with van der Waals surface area (Å²) in [6.45, 7) is 9.73. The fourth-order valence-corrected chi connectivity index (χ4v) is 1.50. The first-order valence-corrected chi connectivity index (χ1v) is 4.85. The fourth-order valence-electron chi connectivity index (χ4n) is 1.50. The van der Waals surface area contributed by atoms with E-state index in [2.05, 4.69) is 31.5 Å². The molecule has 1 aromatic heterocycles. The van der Waals surface area contributed by atoms with Crippen molar-refractivity contribution in [1.29, 1.82) is 0 Å². The van der Waals surface area contributed by atoms with Gasteiger partial charge in [-0.2, -0.15) is 0 Å². The van der Waals surface area contributed by atoms with Gasteiger partial charge in [0.05, 0.1) is 0 Å². The number of nitrogens with one attached hydrogen (secondary N) is 1. The predicted octanol–water partition coefficient (Wildman–Crippen LogP) is 2.38. The molecule has 1 heterocycles. The van der Waals surface area contributed by atoms with Crippen LogP contribution in [-0.2, 0) is 6.42 Å². The highest BCUT2D eigenvalue weighted by atomic mass is 14.9. The maximum absolute atomic E-state index is 3.82. The van der Waals surface area contributed by atoms with Gasteiger partial charge in [0.25, 0.3) is 0 Å². The minimum absolute atomic E-state index is 0.481. The molecule has 0 amide bonds. The number of hydrogen-bond acceptors (Lipinski definition) is 1. The summed E-state index contributed by atoms with van der Waals surface area (Å²) >= 11 is 0. The molecule has 1 unspecified atom stereocenters. The van der Waals surface area contributed by atoms with Gasteiger partial charge in [0.2, 0.25) is 0 Å². The molecule has 0 saturated heterocycles. The van der Waals surface area contributed by atoms with E-state index < -0.39 is 0 Å². The van der Waals surface area contributed by atoms with E-state index in [1.54, 1.807) is 6.20 Å². The average Bonchev–Trinajstić information content (AvgIpc) is 2.59. The monoisotopic (exact) mass is 190 g/mol. The summed E-state index contributed by atoms with van der Waals surface area (Å²) in [5, 5.41) is 3.22. The molecule has 0 aliphatic heterocycles. The Morgan fingerprint density at radius 3 is 2.79 bits per heavy atom. The van der Waals surface area contributed by atoms with E-state index in [9.17, 15) is 0 Å². The number of hydrogen-bond donors (Lipinski definition) is 1. The van der Waals surface area contributed by atoms with Gasteiger partial charge in [0.15, 0.2) is 0 Å². The molecule has 0 fully saturated rings. The Balaban J connectivity index is 2.91. The highest BCUT2D eigenvalue weighted by Gasteiger charge is 2.07. The summed E-state index contributed by atoms with van der Waals surface area (Å²) in [7, 11) is 1.97. The smallest absolute Gasteiger partial charge is 0.0476 e. The molecule has 0 aliphatic rings. The van der Waals surface area contributed by atoms with Crippen molar-refractivity contribution in [2.45, 2.75) is 19.4 Å². The van der Waals surface area contributed by atoms with Gasteiger partial charge in [-0.1, -0.05) is 13.2 Å². The summed E-state index contributed by atoms with van der Waals surface area (Å²) in [6.07, 6.45) is 6.70. The first kappa shape index (κ1) is 10.8. The topological polar surface area (TPSA) is 17.0 Å². The molecule has 1 atom stereocenters. The van der Waals surface area contributed by atoms with E-state index in [1.807, 2.05) is 23.9 Å². The third kappa shape index (κ3) is 2.15. The average molecular weight is 190 g/mol. The van der Waals surface area contributed by atoms with Crippen LogP contribution in [0.4, 0.5) is 0 Å². The summed E-state index contributed by atoms with van der Waals surface area (Å²) in [4.78, 5) is 0. The van der Waals surface area contributed by atoms with Gasteiger partial charge >= 0.3 is 0 Å². The van der Waals surface area contributed by atoms with Crippen LogP contribution >= 0.6 is 0 Å². The second-order valence-electron chi connectivity index (χ2n) is 3.41. The Hall–Kier alpha value is -1.28. The molecule has 1 aromatic rings. The Morgan fingerprint density at radius 2 is 2.29 bits per heavy atom. The zero-order chi connectivity index (χ0) is 10.6. The van der Waals surface area contributed by atoms with Gasteiger partial charge in [-0.3, -0.25) is 0 Å². The fraction of sp³-hybridized carbons (Fsp3) is 0.333. The molecular weight excluding hydrogens is 172 g/mol. The lowest BCUT2D eigenvalue weighted by Crippen LogP contribution is -2.23. The molecule has 14 heavy (non-hydrogen) atoms. The molecule has 0 saturated carbocycles. The molecule has 1 rings (SSSR count). The molecule has 0 radical (unpaired) electrons. The van der Waals surface area contributed by atoms with E-state index in [1.165, 1.54) is 5.56 Å². The molecule has 76 valence electrons. The van der Waals surface area contributed by atoms with Crippen molar-refractivity contribution in [2.24, 2.45) is 0 Å². The minimum atomic E-state index is 0.481. The Kier molecular flexibility index (Phi) is 3.72. The van der Waals surface area contributed by atoms with E-state index >= 15 is 0 Å². The zero-order valence-corrected chi connectivity index (χ0v) is 8.96. The van der Waals surface area contributed by atoms with Crippen molar-refractivity contribution in [2.75, 3.05) is 7.05 Å². The molecule has 0 aliphatic carbocycles. The lowest BCUT2D eigenvalue weighted by atomic mass is 10.1. The largest absolute Gasteiger partial charge is 0.324 e. The van der Waals surface area contributed by atoms with Gasteiger partial charge in [-0.25, -0.2) is 0 Å². The van der Waals surface area contributed by atoms with Crippen LogP contribution in [0.3, 0.4) is 0 Å². The van der Waals surface area contributed by atoms with Crippen LogP contribution in [0.2, 0.25) is 0 Å². The van der Waals surface area contributed by atoms with Gasteiger partial charge in [0.1, 0.15) is 0 Å². The summed E-state index contributed by atoms with van der Waals surface area (Å²) in [5.74, 6) is 0. The molecule has 2 nitrogen and oxygen atoms in total. The quantitative estimate of drug-likeness (QED) is 0.754. The highest BCUT2D eigenvalue weighted by molar-refractivity contribution is 5.52. The number of nitrogens with zero attached hydrogens (tertiary/aromatic N) is 1. The standard InChI is InChI=1S/C12H18N2/c1-5-12-11(9-10(3)13-4)7-8-14(12)6-2/h5-8,10,13H,1-2,9H2,3-4H3. The molecular formula is C12H18N2. The number of aromatic nitrogens is 1. The van der Waals surface area contributed by atoms with Crippen molar-refractivity contribution in [1.82, 2.24) is 9.88 Å². The van der Waals surface area contributed by atoms with Crippen LogP contribution < -0.4 is 5.32 Å². The first-order valence-electron chi connectivity index (χ1n) is 4.85. The van der Waals surface area contributed by atoms with Crippen molar-refractivity contribution in [3.63, 3.8) is 0 Å². The second-order valence-corrected chi connectivity index (χ2v) is 3.41. The van der Waals surface area contributed by atoms with Crippen molar-refractivity contribution in [3.05, 3.63) is 36.7 Å². The van der Waals surface area contributed by atoms with Crippen LogP contribution in [-0.4, -0.2) is 17.7 Å². The first-order chi connectivity index (χ1) is 6.72. The zero-order valence-electron chi connectivity index (χ0n) is 8.96. The minimum Gasteiger partial charge on any atom is -0.324 e. The highest BCUT2D eigenvalue weighted by Crippen LogP contribution is 2.14. The second kappa shape index (κ2) is 4.82. The normalized spacial score (nSPS) is 12.4. The van der Waals surface area contributed by atoms with E-state index in [-0.39, 0.29) is 0 Å². The molecule has 0 bridgehead atoms. The van der Waals surface area contributed by atoms with Gasteiger partial charge < -0.3 is 9.88 Å². The third-order valence-electron chi connectivity index (χ3n) is 2.45. The predicted molar refractivity (Wildman–Crippen MR) is 63.1 cm³/mol. The van der Waals surface area contributed by atoms with Crippen LogP contribution in [0.1, 0.15) is 18.2 Å². The number of likely N-dealkylation sites (N-methyl/N-ethyl adjacent to an activating group) is 1. The SMILES string of the molecule is C=Cc1c(CC(C)NC)ccn1C=C. The maximum Gasteiger partial charge on any atom is 0.0476 e. The van der Waals surface area contributed by atoms with Gasteiger partial charge in [-0.05, 0) is 38.1 Å². The van der Waals surface area contributed by atoms with E-state index in [0.717, 1.165) is 12.1 Å². The summed E-state index contributed by atoms with van der Waals surface area (Å²) < 4.78 is 1.99. The van der Waals surface area contributed by atoms with Gasteiger partial charge in [-0.15, -0.1) is 0 Å². The summed E-state index contributed by atoms with van der Waals surface area (Å²) in [6, 6.07) is 2.60.